The minimum absolute atomic E-state index is 0. The number of nitrogens with two attached hydrogens (primary N) is 1. The highest BCUT2D eigenvalue weighted by Gasteiger charge is 2.39. The number of carbonyl (C=O) groups excluding carboxylic acids is 1. The number of rotatable bonds is 3. The summed E-state index contributed by atoms with van der Waals surface area (Å²) in [5.41, 5.74) is 0.410. The third-order valence-corrected chi connectivity index (χ3v) is 6.56. The van der Waals surface area contributed by atoms with Gasteiger partial charge in [0, 0.05) is 16.2 Å². The summed E-state index contributed by atoms with van der Waals surface area (Å²) in [6.07, 6.45) is -4.59. The van der Waals surface area contributed by atoms with E-state index in [9.17, 15) is 18.0 Å². The van der Waals surface area contributed by atoms with E-state index in [0.717, 1.165) is 0 Å². The third-order valence-electron chi connectivity index (χ3n) is 3.72. The van der Waals surface area contributed by atoms with Crippen LogP contribution in [0, 0.1) is 0 Å². The van der Waals surface area contributed by atoms with Crippen LogP contribution < -0.4 is 15.2 Å². The van der Waals surface area contributed by atoms with Crippen molar-refractivity contribution in [2.45, 2.75) is 29.5 Å². The highest BCUT2D eigenvalue weighted by molar-refractivity contribution is 8.44. The van der Waals surface area contributed by atoms with Crippen molar-refractivity contribution in [2.75, 3.05) is 0 Å². The molecule has 0 spiro atoms. The van der Waals surface area contributed by atoms with Crippen molar-refractivity contribution in [1.29, 1.82) is 0 Å². The Morgan fingerprint density at radius 2 is 1.89 bits per heavy atom. The fourth-order valence-corrected chi connectivity index (χ4v) is 5.05. The van der Waals surface area contributed by atoms with Gasteiger partial charge in [-0.05, 0) is 30.3 Å². The molecule has 0 aromatic heterocycles. The van der Waals surface area contributed by atoms with Crippen LogP contribution in [-0.2, 0) is 4.79 Å². The molecule has 10 heteroatoms. The molecule has 0 saturated carbocycles. The number of ether oxygens (including phenoxy) is 1. The molecule has 27 heavy (non-hydrogen) atoms. The second-order valence-electron chi connectivity index (χ2n) is 5.47. The normalized spacial score (nSPS) is 20.6. The average molecular weight is 420 g/mol. The second-order valence-corrected chi connectivity index (χ2v) is 8.09. The number of fused-ring (bicyclic) bond motifs is 1. The number of hydrogen-bond donors (Lipinski definition) is 2. The Balaban J connectivity index is 0.00000261. The molecule has 0 bridgehead atoms. The Morgan fingerprint density at radius 1 is 1.22 bits per heavy atom. The predicted molar refractivity (Wildman–Crippen MR) is 101 cm³/mol. The molecule has 0 fully saturated rings. The number of alkyl halides is 3. The molecule has 2 aromatic rings. The van der Waals surface area contributed by atoms with Crippen molar-refractivity contribution < 1.29 is 22.7 Å². The van der Waals surface area contributed by atoms with Crippen molar-refractivity contribution in [3.05, 3.63) is 48.5 Å². The van der Waals surface area contributed by atoms with Gasteiger partial charge < -0.3 is 10.1 Å². The molecule has 3 rings (SSSR count). The Labute approximate surface area is 161 Å². The number of amides is 1. The quantitative estimate of drug-likeness (QED) is 0.761. The summed E-state index contributed by atoms with van der Waals surface area (Å²) in [7, 11) is -2.50. The van der Waals surface area contributed by atoms with Crippen LogP contribution in [0.25, 0.3) is 0 Å². The third kappa shape index (κ3) is 4.20. The zero-order valence-electron chi connectivity index (χ0n) is 14.1. The van der Waals surface area contributed by atoms with Crippen LogP contribution >= 0.6 is 22.6 Å². The number of benzene rings is 2. The number of halogens is 4. The van der Waals surface area contributed by atoms with E-state index < -0.39 is 16.6 Å². The summed E-state index contributed by atoms with van der Waals surface area (Å²) >= 11 is 0. The van der Waals surface area contributed by atoms with Gasteiger partial charge >= 0.3 is 6.36 Å². The summed E-state index contributed by atoms with van der Waals surface area (Å²) in [5, 5.41) is 9.61. The number of nitrogens with zero attached hydrogens (tertiary/aromatic N) is 1. The number of aliphatic imine (C=N–C) groups is 1. The van der Waals surface area contributed by atoms with E-state index in [1.807, 2.05) is 0 Å². The standard InChI is InChI=1S/C17H16F3N3O2S.ClH/c1-2-15(24)23-16-22-13-9-8-11(25-17(18,19)20)10-14(13)26(16,21)12-6-4-3-5-7-12;/h3-10H,2,21H2,1H3,(H,22,23,24);1H. The number of amidine groups is 1. The first-order valence-electron chi connectivity index (χ1n) is 7.68. The van der Waals surface area contributed by atoms with Gasteiger partial charge in [0.15, 0.2) is 5.17 Å². The minimum Gasteiger partial charge on any atom is -0.406 e. The Kier molecular flexibility index (Phi) is 6.08. The first-order valence-corrected chi connectivity index (χ1v) is 9.38. The van der Waals surface area contributed by atoms with Gasteiger partial charge in [-0.2, -0.15) is 0 Å². The minimum atomic E-state index is -4.81. The van der Waals surface area contributed by atoms with Crippen LogP contribution in [0.1, 0.15) is 13.3 Å². The fraction of sp³-hybridized carbons (Fsp3) is 0.176. The van der Waals surface area contributed by atoms with Gasteiger partial charge in [0.25, 0.3) is 0 Å². The molecule has 1 heterocycles. The van der Waals surface area contributed by atoms with Crippen LogP contribution in [0.2, 0.25) is 0 Å². The first kappa shape index (κ1) is 21.1. The molecular formula is C17H17ClF3N3O2S. The van der Waals surface area contributed by atoms with Gasteiger partial charge in [0.1, 0.15) is 5.75 Å². The molecule has 1 atom stereocenters. The van der Waals surface area contributed by atoms with Gasteiger partial charge in [-0.3, -0.25) is 9.93 Å². The van der Waals surface area contributed by atoms with Gasteiger partial charge in [-0.25, -0.2) is 4.99 Å². The van der Waals surface area contributed by atoms with Crippen molar-refractivity contribution >= 4 is 39.4 Å². The van der Waals surface area contributed by atoms with Crippen LogP contribution in [0.15, 0.2) is 63.3 Å². The molecular weight excluding hydrogens is 403 g/mol. The zero-order valence-corrected chi connectivity index (χ0v) is 15.8. The lowest BCUT2D eigenvalue weighted by atomic mass is 10.3. The number of carbonyl (C=O) groups is 1. The molecule has 0 saturated heterocycles. The van der Waals surface area contributed by atoms with Gasteiger partial charge in [-0.15, -0.1) is 25.6 Å². The van der Waals surface area contributed by atoms with Gasteiger partial charge in [-0.1, -0.05) is 35.3 Å². The predicted octanol–water partition coefficient (Wildman–Crippen LogP) is 4.63. The highest BCUT2D eigenvalue weighted by Crippen LogP contribution is 2.64. The summed E-state index contributed by atoms with van der Waals surface area (Å²) in [6.45, 7) is 1.68. The van der Waals surface area contributed by atoms with E-state index in [4.69, 9.17) is 5.14 Å². The molecule has 0 radical (unpaired) electrons. The molecule has 2 aromatic carbocycles. The number of nitrogens with one attached hydrogen (secondary N) is 1. The lowest BCUT2D eigenvalue weighted by Crippen LogP contribution is -2.35. The van der Waals surface area contributed by atoms with Crippen LogP contribution in [0.5, 0.6) is 5.75 Å². The van der Waals surface area contributed by atoms with E-state index in [1.54, 1.807) is 37.3 Å². The molecule has 1 amide bonds. The largest absolute Gasteiger partial charge is 0.573 e. The fourth-order valence-electron chi connectivity index (χ4n) is 2.52. The monoisotopic (exact) mass is 419 g/mol. The molecule has 146 valence electrons. The van der Waals surface area contributed by atoms with Gasteiger partial charge in [0.2, 0.25) is 5.91 Å². The SMILES string of the molecule is CCC(=O)NC1=Nc2ccc(OC(F)(F)F)cc2S1(N)c1ccccc1.Cl. The van der Waals surface area contributed by atoms with E-state index in [0.29, 0.717) is 15.5 Å². The van der Waals surface area contributed by atoms with Crippen LogP contribution in [0.3, 0.4) is 0 Å². The van der Waals surface area contributed by atoms with Crippen molar-refractivity contribution in [2.24, 2.45) is 10.1 Å². The van der Waals surface area contributed by atoms with Crippen molar-refractivity contribution in [3.8, 4) is 5.75 Å². The summed E-state index contributed by atoms with van der Waals surface area (Å²) in [5.74, 6) is -0.658. The lowest BCUT2D eigenvalue weighted by molar-refractivity contribution is -0.274. The number of hydrogen-bond acceptors (Lipinski definition) is 4. The first-order chi connectivity index (χ1) is 12.2. The van der Waals surface area contributed by atoms with Crippen molar-refractivity contribution in [3.63, 3.8) is 0 Å². The molecule has 1 aliphatic heterocycles. The van der Waals surface area contributed by atoms with E-state index in [2.05, 4.69) is 15.0 Å². The second kappa shape index (κ2) is 7.79. The Bertz CT molecular complexity index is 877. The molecule has 5 nitrogen and oxygen atoms in total. The molecule has 3 N–H and O–H groups in total. The molecule has 1 aliphatic rings. The van der Waals surface area contributed by atoms with Crippen LogP contribution in [-0.4, -0.2) is 17.4 Å². The lowest BCUT2D eigenvalue weighted by Gasteiger charge is -2.33. The molecule has 0 aliphatic carbocycles. The maximum Gasteiger partial charge on any atom is 0.573 e. The average Bonchev–Trinajstić information content (AvgIpc) is 2.87. The maximum atomic E-state index is 12.6. The van der Waals surface area contributed by atoms with E-state index in [-0.39, 0.29) is 35.7 Å². The van der Waals surface area contributed by atoms with Crippen molar-refractivity contribution in [1.82, 2.24) is 5.32 Å². The Morgan fingerprint density at radius 3 is 2.48 bits per heavy atom. The summed E-state index contributed by atoms with van der Waals surface area (Å²) < 4.78 is 41.7. The van der Waals surface area contributed by atoms with Gasteiger partial charge in [0.05, 0.1) is 5.69 Å². The zero-order chi connectivity index (χ0) is 18.9. The van der Waals surface area contributed by atoms with Crippen LogP contribution in [0.4, 0.5) is 18.9 Å². The highest BCUT2D eigenvalue weighted by atomic mass is 35.5. The topological polar surface area (TPSA) is 76.7 Å². The molecule has 1 unspecified atom stereocenters. The maximum absolute atomic E-state index is 12.6. The summed E-state index contributed by atoms with van der Waals surface area (Å²) in [4.78, 5) is 17.3. The smallest absolute Gasteiger partial charge is 0.406 e. The Hall–Kier alpha value is -2.23. The van der Waals surface area contributed by atoms with E-state index in [1.165, 1.54) is 18.2 Å². The van der Waals surface area contributed by atoms with E-state index >= 15 is 0 Å². The summed E-state index contributed by atoms with van der Waals surface area (Å²) in [6, 6.07) is 12.7.